The maximum atomic E-state index is 13.0. The number of nitrogens with zero attached hydrogens (tertiary/aromatic N) is 4. The van der Waals surface area contributed by atoms with E-state index >= 15 is 0 Å². The Hall–Kier alpha value is -1.68. The molecule has 2 heterocycles. The standard InChI is InChI=1S/C45H82N4O4.2BrH/c1-5-7-9-11-13-15-17-19-21-23-25-27-29-31-43(50)52-39-45(37-48-35-33-46(3)41-48,38-49-36-34-47(4)42-49)40-53-44(51)32-30-28-26-24-22-20-18-16-14-12-10-8-6-2;;/h33-36,41-42H,5-32,37-40H2,1-4H3;2*1H/q+2;;/p-2. The molecule has 2 rings (SSSR count). The fourth-order valence-electron chi connectivity index (χ4n) is 7.43. The predicted molar refractivity (Wildman–Crippen MR) is 216 cm³/mol. The third-order valence-electron chi connectivity index (χ3n) is 10.7. The molecule has 2 aromatic rings. The highest BCUT2D eigenvalue weighted by Gasteiger charge is 2.39. The first kappa shape index (κ1) is 53.3. The van der Waals surface area contributed by atoms with Crippen molar-refractivity contribution in [3.63, 3.8) is 0 Å². The molecule has 0 N–H and O–H groups in total. The maximum Gasteiger partial charge on any atom is 0.305 e. The van der Waals surface area contributed by atoms with Gasteiger partial charge in [-0.2, -0.15) is 0 Å². The largest absolute Gasteiger partial charge is 1.00 e. The van der Waals surface area contributed by atoms with Crippen LogP contribution in [0.4, 0.5) is 0 Å². The Kier molecular flexibility index (Phi) is 34.4. The van der Waals surface area contributed by atoms with Gasteiger partial charge in [0, 0.05) is 12.8 Å². The number of unbranched alkanes of at least 4 members (excludes halogenated alkanes) is 24. The van der Waals surface area contributed by atoms with Gasteiger partial charge >= 0.3 is 11.9 Å². The van der Waals surface area contributed by atoms with Gasteiger partial charge < -0.3 is 43.4 Å². The van der Waals surface area contributed by atoms with Crippen molar-refractivity contribution in [1.82, 2.24) is 9.13 Å². The molecular weight excluding hydrogens is 820 g/mol. The van der Waals surface area contributed by atoms with E-state index in [9.17, 15) is 9.59 Å². The summed E-state index contributed by atoms with van der Waals surface area (Å²) in [5.41, 5.74) is -0.616. The van der Waals surface area contributed by atoms with Crippen LogP contribution in [-0.4, -0.2) is 34.3 Å². The number of rotatable bonds is 36. The van der Waals surface area contributed by atoms with Gasteiger partial charge in [0.05, 0.1) is 14.1 Å². The Balaban J connectivity index is 0.0000146. The molecule has 0 saturated heterocycles. The molecule has 0 aromatic carbocycles. The highest BCUT2D eigenvalue weighted by Crippen LogP contribution is 2.26. The van der Waals surface area contributed by atoms with Gasteiger partial charge in [0.15, 0.2) is 0 Å². The van der Waals surface area contributed by atoms with E-state index in [-0.39, 0.29) is 59.1 Å². The van der Waals surface area contributed by atoms with E-state index in [4.69, 9.17) is 9.47 Å². The number of esters is 2. The third kappa shape index (κ3) is 28.4. The molecule has 0 aliphatic heterocycles. The van der Waals surface area contributed by atoms with Gasteiger partial charge in [0.25, 0.3) is 0 Å². The second kappa shape index (κ2) is 35.5. The Morgan fingerprint density at radius 2 is 0.745 bits per heavy atom. The summed E-state index contributed by atoms with van der Waals surface area (Å²) in [5.74, 6) is -0.321. The molecule has 0 radical (unpaired) electrons. The van der Waals surface area contributed by atoms with E-state index in [2.05, 4.69) is 23.0 Å². The van der Waals surface area contributed by atoms with Crippen molar-refractivity contribution in [3.8, 4) is 0 Å². The zero-order valence-corrected chi connectivity index (χ0v) is 38.9. The lowest BCUT2D eigenvalue weighted by molar-refractivity contribution is -0.671. The van der Waals surface area contributed by atoms with E-state index < -0.39 is 5.41 Å². The molecule has 55 heavy (non-hydrogen) atoms. The molecule has 0 atom stereocenters. The van der Waals surface area contributed by atoms with Gasteiger partial charge in [-0.05, 0) is 12.8 Å². The number of imidazole rings is 2. The Morgan fingerprint density at radius 1 is 0.473 bits per heavy atom. The molecule has 0 saturated carbocycles. The van der Waals surface area contributed by atoms with Crippen LogP contribution in [0.25, 0.3) is 0 Å². The Bertz CT molecular complexity index is 1100. The molecule has 10 heteroatoms. The SMILES string of the molecule is CCCCCCCCCCCCCCCC(=O)OCC(COC(=O)CCCCCCCCCCCCCCC)(Cn1cc[n+](C)c1)Cn1cc[n+](C)c1.[Br-].[Br-]. The first-order valence-corrected chi connectivity index (χ1v) is 22.2. The van der Waals surface area contributed by atoms with Crippen LogP contribution in [0.15, 0.2) is 37.4 Å². The van der Waals surface area contributed by atoms with Gasteiger partial charge in [-0.15, -0.1) is 0 Å². The predicted octanol–water partition coefficient (Wildman–Crippen LogP) is 4.68. The number of carbonyl (C=O) groups is 2. The summed E-state index contributed by atoms with van der Waals surface area (Å²) in [5, 5.41) is 0. The number of carbonyl (C=O) groups excluding carboxylic acids is 2. The van der Waals surface area contributed by atoms with Gasteiger partial charge in [0.1, 0.15) is 56.5 Å². The van der Waals surface area contributed by atoms with Gasteiger partial charge in [-0.25, -0.2) is 18.3 Å². The normalized spacial score (nSPS) is 11.3. The van der Waals surface area contributed by atoms with E-state index in [0.717, 1.165) is 25.7 Å². The highest BCUT2D eigenvalue weighted by atomic mass is 79.9. The van der Waals surface area contributed by atoms with Crippen LogP contribution < -0.4 is 43.1 Å². The van der Waals surface area contributed by atoms with E-state index in [1.807, 2.05) is 60.7 Å². The van der Waals surface area contributed by atoms with Crippen LogP contribution in [-0.2, 0) is 46.2 Å². The molecule has 8 nitrogen and oxygen atoms in total. The smallest absolute Gasteiger partial charge is 0.305 e. The molecule has 320 valence electrons. The van der Waals surface area contributed by atoms with Crippen LogP contribution in [0.5, 0.6) is 0 Å². The topological polar surface area (TPSA) is 70.2 Å². The van der Waals surface area contributed by atoms with E-state index in [0.29, 0.717) is 25.9 Å². The number of ether oxygens (including phenoxy) is 2. The van der Waals surface area contributed by atoms with Crippen molar-refractivity contribution < 1.29 is 62.2 Å². The monoisotopic (exact) mass is 900 g/mol. The zero-order chi connectivity index (χ0) is 38.2. The zero-order valence-electron chi connectivity index (χ0n) is 35.8. The minimum absolute atomic E-state index is 0. The van der Waals surface area contributed by atoms with Gasteiger partial charge in [0.2, 0.25) is 12.7 Å². The van der Waals surface area contributed by atoms with E-state index in [1.54, 1.807) is 0 Å². The Morgan fingerprint density at radius 3 is 1.00 bits per heavy atom. The summed E-state index contributed by atoms with van der Waals surface area (Å²) in [6.07, 6.45) is 46.1. The molecule has 0 fully saturated rings. The Labute approximate surface area is 358 Å². The summed E-state index contributed by atoms with van der Waals surface area (Å²) < 4.78 is 20.2. The third-order valence-corrected chi connectivity index (χ3v) is 10.7. The van der Waals surface area contributed by atoms with Crippen molar-refractivity contribution in [2.75, 3.05) is 13.2 Å². The van der Waals surface area contributed by atoms with Crippen molar-refractivity contribution in [2.45, 2.75) is 207 Å². The fraction of sp³-hybridized carbons (Fsp3) is 0.822. The quantitative estimate of drug-likeness (QED) is 0.0567. The van der Waals surface area contributed by atoms with Crippen molar-refractivity contribution in [3.05, 3.63) is 37.4 Å². The molecular formula is C45H82Br2N4O4. The summed E-state index contributed by atoms with van der Waals surface area (Å²) >= 11 is 0. The number of hydrogen-bond donors (Lipinski definition) is 0. The van der Waals surface area contributed by atoms with Crippen molar-refractivity contribution in [1.29, 1.82) is 0 Å². The molecule has 2 aromatic heterocycles. The second-order valence-electron chi connectivity index (χ2n) is 16.3. The number of halogens is 2. The van der Waals surface area contributed by atoms with Gasteiger partial charge in [-0.3, -0.25) is 9.59 Å². The number of hydrogen-bond acceptors (Lipinski definition) is 4. The summed E-state index contributed by atoms with van der Waals surface area (Å²) in [7, 11) is 3.99. The molecule has 0 amide bonds. The maximum absolute atomic E-state index is 13.0. The van der Waals surface area contributed by atoms with Crippen molar-refractivity contribution >= 4 is 11.9 Å². The second-order valence-corrected chi connectivity index (χ2v) is 16.3. The number of aryl methyl sites for hydroxylation is 2. The van der Waals surface area contributed by atoms with Crippen LogP contribution in [0, 0.1) is 5.41 Å². The van der Waals surface area contributed by atoms with Gasteiger partial charge in [-0.1, -0.05) is 168 Å². The lowest BCUT2D eigenvalue weighted by Gasteiger charge is -2.29. The summed E-state index contributed by atoms with van der Waals surface area (Å²) in [6, 6.07) is 0. The molecule has 0 aliphatic carbocycles. The van der Waals surface area contributed by atoms with E-state index in [1.165, 1.54) is 141 Å². The average molecular weight is 903 g/mol. The van der Waals surface area contributed by atoms with Crippen molar-refractivity contribution in [2.24, 2.45) is 19.5 Å². The summed E-state index contributed by atoms with van der Waals surface area (Å²) in [4.78, 5) is 26.1. The molecule has 0 unspecified atom stereocenters. The molecule has 0 aliphatic rings. The number of aromatic nitrogens is 4. The molecule has 0 bridgehead atoms. The minimum atomic E-state index is -0.616. The molecule has 0 spiro atoms. The first-order valence-electron chi connectivity index (χ1n) is 22.2. The summed E-state index contributed by atoms with van der Waals surface area (Å²) in [6.45, 7) is 6.06. The van der Waals surface area contributed by atoms with Crippen LogP contribution in [0.3, 0.4) is 0 Å². The average Bonchev–Trinajstić information content (AvgIpc) is 3.76. The van der Waals surface area contributed by atoms with Crippen LogP contribution in [0.1, 0.15) is 194 Å². The van der Waals surface area contributed by atoms with Crippen LogP contribution in [0.2, 0.25) is 0 Å². The minimum Gasteiger partial charge on any atom is -1.00 e. The highest BCUT2D eigenvalue weighted by molar-refractivity contribution is 5.69. The lowest BCUT2D eigenvalue weighted by atomic mass is 9.89. The van der Waals surface area contributed by atoms with Crippen LogP contribution >= 0.6 is 0 Å². The first-order chi connectivity index (χ1) is 25.9. The fourth-order valence-corrected chi connectivity index (χ4v) is 7.43. The lowest BCUT2D eigenvalue weighted by Crippen LogP contribution is -3.00.